The standard InChI is InChI=1S/C13H16N2OS/c16-12(13-4-2-8-17-13)10-15-7-5-11-3-1-6-14-9-11/h1-4,6,8-9,12,15-16H,5,7,10H2. The maximum atomic E-state index is 9.84. The first-order chi connectivity index (χ1) is 8.36. The minimum Gasteiger partial charge on any atom is -0.386 e. The Labute approximate surface area is 105 Å². The zero-order valence-electron chi connectivity index (χ0n) is 9.54. The van der Waals surface area contributed by atoms with Gasteiger partial charge in [0.05, 0.1) is 0 Å². The Morgan fingerprint density at radius 2 is 2.29 bits per heavy atom. The van der Waals surface area contributed by atoms with E-state index in [9.17, 15) is 5.11 Å². The van der Waals surface area contributed by atoms with E-state index in [0.29, 0.717) is 6.54 Å². The number of hydrogen-bond acceptors (Lipinski definition) is 4. The van der Waals surface area contributed by atoms with Crippen LogP contribution in [-0.4, -0.2) is 23.2 Å². The molecule has 1 atom stereocenters. The van der Waals surface area contributed by atoms with E-state index >= 15 is 0 Å². The van der Waals surface area contributed by atoms with E-state index in [0.717, 1.165) is 17.8 Å². The molecule has 2 N–H and O–H groups in total. The number of nitrogens with one attached hydrogen (secondary N) is 1. The van der Waals surface area contributed by atoms with Crippen LogP contribution in [0.25, 0.3) is 0 Å². The van der Waals surface area contributed by atoms with E-state index in [1.165, 1.54) is 5.56 Å². The van der Waals surface area contributed by atoms with Gasteiger partial charge >= 0.3 is 0 Å². The molecule has 0 saturated heterocycles. The number of aliphatic hydroxyl groups is 1. The first kappa shape index (κ1) is 12.2. The van der Waals surface area contributed by atoms with Crippen LogP contribution in [0.5, 0.6) is 0 Å². The fourth-order valence-electron chi connectivity index (χ4n) is 1.60. The lowest BCUT2D eigenvalue weighted by Gasteiger charge is -2.09. The van der Waals surface area contributed by atoms with Gasteiger partial charge in [0.15, 0.2) is 0 Å². The van der Waals surface area contributed by atoms with Crippen molar-refractivity contribution in [1.82, 2.24) is 10.3 Å². The first-order valence-electron chi connectivity index (χ1n) is 5.67. The molecule has 1 unspecified atom stereocenters. The number of hydrogen-bond donors (Lipinski definition) is 2. The molecule has 17 heavy (non-hydrogen) atoms. The van der Waals surface area contributed by atoms with Gasteiger partial charge in [-0.3, -0.25) is 4.98 Å². The van der Waals surface area contributed by atoms with E-state index in [2.05, 4.69) is 16.4 Å². The highest BCUT2D eigenvalue weighted by Gasteiger charge is 2.06. The molecule has 4 heteroatoms. The second-order valence-corrected chi connectivity index (χ2v) is 4.83. The van der Waals surface area contributed by atoms with E-state index < -0.39 is 6.10 Å². The van der Waals surface area contributed by atoms with Gasteiger partial charge in [-0.25, -0.2) is 0 Å². The zero-order valence-corrected chi connectivity index (χ0v) is 10.4. The van der Waals surface area contributed by atoms with Crippen LogP contribution in [0.1, 0.15) is 16.5 Å². The smallest absolute Gasteiger partial charge is 0.101 e. The molecule has 0 aliphatic rings. The van der Waals surface area contributed by atoms with Crippen molar-refractivity contribution in [3.63, 3.8) is 0 Å². The zero-order chi connectivity index (χ0) is 11.9. The molecule has 3 nitrogen and oxygen atoms in total. The van der Waals surface area contributed by atoms with Crippen LogP contribution in [0, 0.1) is 0 Å². The Morgan fingerprint density at radius 3 is 3.00 bits per heavy atom. The molecular formula is C13H16N2OS. The summed E-state index contributed by atoms with van der Waals surface area (Å²) in [5, 5.41) is 15.1. The largest absolute Gasteiger partial charge is 0.386 e. The molecule has 0 aliphatic heterocycles. The molecule has 0 spiro atoms. The highest BCUT2D eigenvalue weighted by atomic mass is 32.1. The van der Waals surface area contributed by atoms with Crippen LogP contribution in [0.3, 0.4) is 0 Å². The van der Waals surface area contributed by atoms with Crippen LogP contribution >= 0.6 is 11.3 Å². The molecule has 0 aliphatic carbocycles. The highest BCUT2D eigenvalue weighted by molar-refractivity contribution is 7.10. The number of thiophene rings is 1. The molecule has 0 fully saturated rings. The number of nitrogens with zero attached hydrogens (tertiary/aromatic N) is 1. The average molecular weight is 248 g/mol. The molecule has 0 bridgehead atoms. The number of rotatable bonds is 6. The van der Waals surface area contributed by atoms with Crippen molar-refractivity contribution in [2.45, 2.75) is 12.5 Å². The summed E-state index contributed by atoms with van der Waals surface area (Å²) in [6.07, 6.45) is 4.18. The Balaban J connectivity index is 1.67. The lowest BCUT2D eigenvalue weighted by Crippen LogP contribution is -2.23. The summed E-state index contributed by atoms with van der Waals surface area (Å²) in [6.45, 7) is 1.45. The van der Waals surface area contributed by atoms with Gasteiger partial charge in [-0.05, 0) is 36.0 Å². The van der Waals surface area contributed by atoms with E-state index in [1.54, 1.807) is 17.5 Å². The average Bonchev–Trinajstić information content (AvgIpc) is 2.89. The van der Waals surface area contributed by atoms with Crippen LogP contribution in [0.15, 0.2) is 42.0 Å². The van der Waals surface area contributed by atoms with Crippen LogP contribution < -0.4 is 5.32 Å². The van der Waals surface area contributed by atoms with Crippen LogP contribution in [0.2, 0.25) is 0 Å². The van der Waals surface area contributed by atoms with Crippen LogP contribution in [-0.2, 0) is 6.42 Å². The molecule has 90 valence electrons. The van der Waals surface area contributed by atoms with Crippen molar-refractivity contribution in [3.05, 3.63) is 52.5 Å². The fraction of sp³-hybridized carbons (Fsp3) is 0.308. The molecule has 2 aromatic rings. The van der Waals surface area contributed by atoms with Gasteiger partial charge in [0.2, 0.25) is 0 Å². The SMILES string of the molecule is OC(CNCCc1cccnc1)c1cccs1. The summed E-state index contributed by atoms with van der Waals surface area (Å²) in [6, 6.07) is 7.91. The summed E-state index contributed by atoms with van der Waals surface area (Å²) in [5.41, 5.74) is 1.21. The molecule has 2 heterocycles. The van der Waals surface area contributed by atoms with Crippen molar-refractivity contribution >= 4 is 11.3 Å². The Hall–Kier alpha value is -1.23. The number of pyridine rings is 1. The van der Waals surface area contributed by atoms with Gasteiger partial charge in [0.1, 0.15) is 6.10 Å². The summed E-state index contributed by atoms with van der Waals surface area (Å²) < 4.78 is 0. The quantitative estimate of drug-likeness (QED) is 0.769. The predicted octanol–water partition coefficient (Wildman–Crippen LogP) is 2.01. The van der Waals surface area contributed by atoms with Crippen molar-refractivity contribution in [2.24, 2.45) is 0 Å². The summed E-state index contributed by atoms with van der Waals surface area (Å²) >= 11 is 1.59. The lowest BCUT2D eigenvalue weighted by atomic mass is 10.2. The predicted molar refractivity (Wildman–Crippen MR) is 70.1 cm³/mol. The van der Waals surface area contributed by atoms with E-state index in [4.69, 9.17) is 0 Å². The van der Waals surface area contributed by atoms with Crippen molar-refractivity contribution in [3.8, 4) is 0 Å². The van der Waals surface area contributed by atoms with Crippen molar-refractivity contribution in [2.75, 3.05) is 13.1 Å². The summed E-state index contributed by atoms with van der Waals surface area (Å²) in [7, 11) is 0. The Bertz CT molecular complexity index is 416. The fourth-order valence-corrected chi connectivity index (χ4v) is 2.31. The lowest BCUT2D eigenvalue weighted by molar-refractivity contribution is 0.179. The van der Waals surface area contributed by atoms with Gasteiger partial charge in [0.25, 0.3) is 0 Å². The molecule has 0 saturated carbocycles. The van der Waals surface area contributed by atoms with Gasteiger partial charge in [-0.15, -0.1) is 11.3 Å². The maximum absolute atomic E-state index is 9.84. The van der Waals surface area contributed by atoms with Gasteiger partial charge in [-0.1, -0.05) is 12.1 Å². The maximum Gasteiger partial charge on any atom is 0.101 e. The van der Waals surface area contributed by atoms with Crippen molar-refractivity contribution < 1.29 is 5.11 Å². The third-order valence-corrected chi connectivity index (χ3v) is 3.50. The molecule has 0 aromatic carbocycles. The third kappa shape index (κ3) is 3.93. The molecule has 2 aromatic heterocycles. The molecular weight excluding hydrogens is 232 g/mol. The van der Waals surface area contributed by atoms with Crippen molar-refractivity contribution in [1.29, 1.82) is 0 Å². The van der Waals surface area contributed by atoms with E-state index in [1.807, 2.05) is 29.8 Å². The number of aromatic nitrogens is 1. The summed E-state index contributed by atoms with van der Waals surface area (Å²) in [4.78, 5) is 5.08. The van der Waals surface area contributed by atoms with Crippen LogP contribution in [0.4, 0.5) is 0 Å². The van der Waals surface area contributed by atoms with Gasteiger partial charge in [0, 0.05) is 23.8 Å². The second kappa shape index (κ2) is 6.49. The van der Waals surface area contributed by atoms with E-state index in [-0.39, 0.29) is 0 Å². The number of aliphatic hydroxyl groups excluding tert-OH is 1. The topological polar surface area (TPSA) is 45.1 Å². The van der Waals surface area contributed by atoms with Gasteiger partial charge in [-0.2, -0.15) is 0 Å². The minimum atomic E-state index is -0.399. The molecule has 0 radical (unpaired) electrons. The third-order valence-electron chi connectivity index (χ3n) is 2.52. The van der Waals surface area contributed by atoms with Gasteiger partial charge < -0.3 is 10.4 Å². The minimum absolute atomic E-state index is 0.399. The highest BCUT2D eigenvalue weighted by Crippen LogP contribution is 2.17. The Morgan fingerprint density at radius 1 is 1.35 bits per heavy atom. The molecule has 2 rings (SSSR count). The Kier molecular flexibility index (Phi) is 4.67. The first-order valence-corrected chi connectivity index (χ1v) is 6.55. The second-order valence-electron chi connectivity index (χ2n) is 3.85. The normalized spacial score (nSPS) is 12.5. The summed E-state index contributed by atoms with van der Waals surface area (Å²) in [5.74, 6) is 0. The monoisotopic (exact) mass is 248 g/mol. The molecule has 0 amide bonds.